The van der Waals surface area contributed by atoms with Crippen molar-refractivity contribution in [3.8, 4) is 17.1 Å². The van der Waals surface area contributed by atoms with Gasteiger partial charge in [0.05, 0.1) is 26.5 Å². The molecule has 1 aliphatic heterocycles. The zero-order valence-electron chi connectivity index (χ0n) is 22.8. The van der Waals surface area contributed by atoms with Crippen molar-refractivity contribution in [1.82, 2.24) is 24.1 Å². The smallest absolute Gasteiger partial charge is 0.251 e. The van der Waals surface area contributed by atoms with Gasteiger partial charge < -0.3 is 9.47 Å². The normalized spacial score (nSPS) is 19.4. The quantitative estimate of drug-likeness (QED) is 0.186. The van der Waals surface area contributed by atoms with Gasteiger partial charge in [-0.25, -0.2) is 22.5 Å². The molecule has 0 radical (unpaired) electrons. The van der Waals surface area contributed by atoms with Gasteiger partial charge in [0.15, 0.2) is 6.23 Å². The van der Waals surface area contributed by atoms with Gasteiger partial charge in [-0.3, -0.25) is 0 Å². The minimum Gasteiger partial charge on any atom is -0.471 e. The molecule has 216 valence electrons. The van der Waals surface area contributed by atoms with Crippen LogP contribution in [0.1, 0.15) is 64.7 Å². The Hall–Kier alpha value is -2.45. The van der Waals surface area contributed by atoms with Gasteiger partial charge in [0.2, 0.25) is 15.7 Å². The first kappa shape index (κ1) is 27.4. The van der Waals surface area contributed by atoms with Crippen molar-refractivity contribution in [2.45, 2.75) is 75.5 Å². The van der Waals surface area contributed by atoms with Crippen molar-refractivity contribution in [1.29, 1.82) is 0 Å². The van der Waals surface area contributed by atoms with Crippen LogP contribution in [0.15, 0.2) is 17.4 Å². The summed E-state index contributed by atoms with van der Waals surface area (Å²) in [6.45, 7) is 6.24. The average molecular weight is 636 g/mol. The van der Waals surface area contributed by atoms with Crippen LogP contribution in [-0.4, -0.2) is 51.0 Å². The van der Waals surface area contributed by atoms with E-state index in [2.05, 4.69) is 15.1 Å². The van der Waals surface area contributed by atoms with E-state index < -0.39 is 21.1 Å². The minimum absolute atomic E-state index is 0.173. The molecule has 9 nitrogen and oxygen atoms in total. The molecule has 1 aliphatic carbocycles. The molecule has 14 heteroatoms. The van der Waals surface area contributed by atoms with E-state index in [1.54, 1.807) is 12.3 Å². The Bertz CT molecular complexity index is 1970. The van der Waals surface area contributed by atoms with Crippen LogP contribution in [-0.2, 0) is 20.2 Å². The number of sulfone groups is 1. The fraction of sp³-hybridized carbons (Fsp3) is 0.481. The summed E-state index contributed by atoms with van der Waals surface area (Å²) in [4.78, 5) is 9.15. The second-order valence-corrected chi connectivity index (χ2v) is 15.8. The minimum atomic E-state index is -3.71. The lowest BCUT2D eigenvalue weighted by Crippen LogP contribution is -2.24. The van der Waals surface area contributed by atoms with Crippen molar-refractivity contribution < 1.29 is 22.3 Å². The van der Waals surface area contributed by atoms with Crippen LogP contribution in [0.2, 0.25) is 5.02 Å². The second-order valence-electron chi connectivity index (χ2n) is 11.7. The van der Waals surface area contributed by atoms with E-state index in [4.69, 9.17) is 25.4 Å². The van der Waals surface area contributed by atoms with Crippen LogP contribution in [0.25, 0.3) is 41.8 Å². The summed E-state index contributed by atoms with van der Waals surface area (Å²) in [5, 5.41) is 6.00. The van der Waals surface area contributed by atoms with Gasteiger partial charge in [-0.05, 0) is 70.5 Å². The van der Waals surface area contributed by atoms with Crippen LogP contribution in [0, 0.1) is 0 Å². The molecule has 7 rings (SSSR count). The topological polar surface area (TPSA) is 109 Å². The summed E-state index contributed by atoms with van der Waals surface area (Å²) < 4.78 is 61.2. The Morgan fingerprint density at radius 1 is 1.22 bits per heavy atom. The van der Waals surface area contributed by atoms with Crippen LogP contribution < -0.4 is 4.74 Å². The number of hydrogen-bond donors (Lipinski definition) is 0. The number of thiophene rings is 1. The van der Waals surface area contributed by atoms with E-state index in [0.29, 0.717) is 51.5 Å². The molecule has 4 aromatic heterocycles. The van der Waals surface area contributed by atoms with E-state index >= 15 is 4.39 Å². The van der Waals surface area contributed by atoms with Crippen molar-refractivity contribution in [2.75, 3.05) is 12.9 Å². The molecule has 41 heavy (non-hydrogen) atoms. The summed E-state index contributed by atoms with van der Waals surface area (Å²) in [5.74, 6) is 0.173. The highest BCUT2D eigenvalue weighted by Crippen LogP contribution is 2.58. The van der Waals surface area contributed by atoms with Crippen LogP contribution in [0.3, 0.4) is 0 Å². The Labute approximate surface area is 248 Å². The maximum atomic E-state index is 16.0. The van der Waals surface area contributed by atoms with Crippen molar-refractivity contribution in [3.05, 3.63) is 22.8 Å². The van der Waals surface area contributed by atoms with Gasteiger partial charge in [-0.15, -0.1) is 11.3 Å². The first-order valence-electron chi connectivity index (χ1n) is 13.3. The predicted molar refractivity (Wildman–Crippen MR) is 159 cm³/mol. The molecular weight excluding hydrogens is 609 g/mol. The monoisotopic (exact) mass is 635 g/mol. The third-order valence-electron chi connectivity index (χ3n) is 7.29. The number of halogens is 2. The highest BCUT2D eigenvalue weighted by atomic mass is 35.5. The molecule has 0 spiro atoms. The molecule has 2 fully saturated rings. The fourth-order valence-electron chi connectivity index (χ4n) is 5.34. The molecule has 0 bridgehead atoms. The van der Waals surface area contributed by atoms with Crippen LogP contribution >= 0.6 is 34.5 Å². The zero-order valence-corrected chi connectivity index (χ0v) is 26.0. The van der Waals surface area contributed by atoms with E-state index in [0.717, 1.165) is 45.8 Å². The molecule has 1 saturated heterocycles. The molecule has 5 aromatic rings. The van der Waals surface area contributed by atoms with Gasteiger partial charge in [-0.1, -0.05) is 11.6 Å². The summed E-state index contributed by atoms with van der Waals surface area (Å²) >= 11 is 9.37. The summed E-state index contributed by atoms with van der Waals surface area (Å²) in [5.41, 5.74) is 0.123. The highest BCUT2D eigenvalue weighted by molar-refractivity contribution is 7.90. The van der Waals surface area contributed by atoms with Crippen LogP contribution in [0.5, 0.6) is 5.88 Å². The zero-order chi connectivity index (χ0) is 28.9. The van der Waals surface area contributed by atoms with E-state index in [9.17, 15) is 8.42 Å². The van der Waals surface area contributed by atoms with Gasteiger partial charge in [0.25, 0.3) is 5.16 Å². The Kier molecular flexibility index (Phi) is 6.19. The van der Waals surface area contributed by atoms with E-state index in [-0.39, 0.29) is 17.3 Å². The predicted octanol–water partition coefficient (Wildman–Crippen LogP) is 7.21. The summed E-state index contributed by atoms with van der Waals surface area (Å²) in [6.07, 6.45) is 6.19. The number of hydrogen-bond acceptors (Lipinski definition) is 10. The molecule has 0 amide bonds. The first-order valence-corrected chi connectivity index (χ1v) is 17.2. The molecular formula is C27H27ClFN5O4S3. The lowest BCUT2D eigenvalue weighted by atomic mass is 9.95. The molecule has 0 N–H and O–H groups in total. The standard InChI is InChI=1S/C27H27ClFN5O4S3/c1-26(2,3)38-23-18-21-22(39-24(18)32-25(31-23)41(4,35)36)20(33-40-21)17-13-12-30-34(16-7-5-6-10-37-16)15(13)11-14(28)19(17)27(29)8-9-27/h11-12,16H,5-10H2,1-4H3. The number of aromatic nitrogens is 5. The number of benzene rings is 1. The van der Waals surface area contributed by atoms with Gasteiger partial charge >= 0.3 is 0 Å². The van der Waals surface area contributed by atoms with Gasteiger partial charge in [-0.2, -0.15) is 14.5 Å². The van der Waals surface area contributed by atoms with Crippen molar-refractivity contribution in [2.24, 2.45) is 0 Å². The lowest BCUT2D eigenvalue weighted by Gasteiger charge is -2.24. The largest absolute Gasteiger partial charge is 0.471 e. The number of rotatable bonds is 5. The van der Waals surface area contributed by atoms with Crippen molar-refractivity contribution >= 4 is 74.8 Å². The third kappa shape index (κ3) is 4.60. The number of ether oxygens (including phenoxy) is 2. The highest BCUT2D eigenvalue weighted by Gasteiger charge is 2.49. The molecule has 1 atom stereocenters. The molecule has 1 unspecified atom stereocenters. The first-order chi connectivity index (χ1) is 19.3. The molecule has 5 heterocycles. The number of alkyl halides is 1. The Morgan fingerprint density at radius 3 is 2.66 bits per heavy atom. The number of nitrogens with zero attached hydrogens (tertiary/aromatic N) is 5. The van der Waals surface area contributed by atoms with Gasteiger partial charge in [0.1, 0.15) is 21.8 Å². The maximum Gasteiger partial charge on any atom is 0.251 e. The fourth-order valence-corrected chi connectivity index (χ4v) is 8.50. The summed E-state index contributed by atoms with van der Waals surface area (Å²) in [7, 11) is -3.71. The Morgan fingerprint density at radius 2 is 2.00 bits per heavy atom. The average Bonchev–Trinajstić information content (AvgIpc) is 3.21. The number of fused-ring (bicyclic) bond motifs is 4. The molecule has 1 aromatic carbocycles. The lowest BCUT2D eigenvalue weighted by molar-refractivity contribution is -0.0366. The van der Waals surface area contributed by atoms with Crippen LogP contribution in [0.4, 0.5) is 4.39 Å². The third-order valence-corrected chi connectivity index (χ3v) is 10.5. The second kappa shape index (κ2) is 9.27. The van der Waals surface area contributed by atoms with Gasteiger partial charge in [0, 0.05) is 34.4 Å². The van der Waals surface area contributed by atoms with Crippen molar-refractivity contribution in [3.63, 3.8) is 0 Å². The van der Waals surface area contributed by atoms with E-state index in [1.165, 1.54) is 22.9 Å². The van der Waals surface area contributed by atoms with E-state index in [1.807, 2.05) is 25.5 Å². The Balaban J connectivity index is 1.52. The molecule has 1 saturated carbocycles. The molecule has 2 aliphatic rings. The SMILES string of the molecule is CC(C)(C)Oc1nc(S(C)(=O)=O)nc2sc3c(-c4c(C5(F)CC5)c(Cl)cc5c4cnn5C4CCCCO4)nsc3c12. The maximum absolute atomic E-state index is 16.0. The summed E-state index contributed by atoms with van der Waals surface area (Å²) in [6, 6.07) is 1.79.